The van der Waals surface area contributed by atoms with Gasteiger partial charge < -0.3 is 10.1 Å². The fraction of sp³-hybridized carbons (Fsp3) is 0.538. The second-order valence-electron chi connectivity index (χ2n) is 9.09. The zero-order valence-corrected chi connectivity index (χ0v) is 18.7. The lowest BCUT2D eigenvalue weighted by Gasteiger charge is -2.29. The first kappa shape index (κ1) is 21.8. The van der Waals surface area contributed by atoms with Crippen molar-refractivity contribution in [1.29, 1.82) is 0 Å². The molecule has 1 amide bonds. The fourth-order valence-corrected chi connectivity index (χ4v) is 5.33. The smallest absolute Gasteiger partial charge is 0.323 e. The van der Waals surface area contributed by atoms with Crippen LogP contribution in [0.2, 0.25) is 0 Å². The van der Waals surface area contributed by atoms with E-state index in [4.69, 9.17) is 4.74 Å². The molecule has 1 aliphatic carbocycles. The minimum atomic E-state index is -0.259. The number of hydrogen-bond donors (Lipinski definition) is 1. The third kappa shape index (κ3) is 4.93. The average Bonchev–Trinajstić information content (AvgIpc) is 3.17. The van der Waals surface area contributed by atoms with Gasteiger partial charge in [0.15, 0.2) is 0 Å². The van der Waals surface area contributed by atoms with E-state index in [2.05, 4.69) is 22.3 Å². The molecule has 0 spiro atoms. The molecule has 5 nitrogen and oxygen atoms in total. The van der Waals surface area contributed by atoms with Gasteiger partial charge in [-0.15, -0.1) is 0 Å². The van der Waals surface area contributed by atoms with Crippen LogP contribution < -0.4 is 5.32 Å². The van der Waals surface area contributed by atoms with Gasteiger partial charge in [0.1, 0.15) is 6.04 Å². The molecule has 4 rings (SSSR count). The highest BCUT2D eigenvalue weighted by Crippen LogP contribution is 2.29. The van der Waals surface area contributed by atoms with Crippen molar-refractivity contribution in [1.82, 2.24) is 10.2 Å². The predicted octanol–water partition coefficient (Wildman–Crippen LogP) is 4.46. The normalized spacial score (nSPS) is 22.5. The molecular weight excluding hydrogens is 388 g/mol. The molecule has 1 aliphatic heterocycles. The number of fused-ring (bicyclic) bond motifs is 1. The lowest BCUT2D eigenvalue weighted by atomic mass is 9.89. The second kappa shape index (κ2) is 9.82. The highest BCUT2D eigenvalue weighted by Gasteiger charge is 2.39. The Morgan fingerprint density at radius 3 is 2.65 bits per heavy atom. The van der Waals surface area contributed by atoms with Crippen LogP contribution >= 0.6 is 0 Å². The number of esters is 1. The van der Waals surface area contributed by atoms with Crippen LogP contribution in [0.15, 0.2) is 36.4 Å². The van der Waals surface area contributed by atoms with E-state index in [9.17, 15) is 9.59 Å². The summed E-state index contributed by atoms with van der Waals surface area (Å²) in [6.07, 6.45) is 6.97. The van der Waals surface area contributed by atoms with E-state index in [0.29, 0.717) is 31.1 Å². The minimum Gasteiger partial charge on any atom is -0.465 e. The van der Waals surface area contributed by atoms with Crippen molar-refractivity contribution < 1.29 is 14.3 Å². The summed E-state index contributed by atoms with van der Waals surface area (Å²) >= 11 is 0. The highest BCUT2D eigenvalue weighted by atomic mass is 16.5. The molecule has 2 fully saturated rings. The van der Waals surface area contributed by atoms with E-state index >= 15 is 0 Å². The SMILES string of the molecule is CCOC(=O)[C@@H]1C[C@H](NC(=O)c2ccc3ccccc3c2C)CN1CC1CCCCC1. The van der Waals surface area contributed by atoms with Gasteiger partial charge in [-0.25, -0.2) is 0 Å². The summed E-state index contributed by atoms with van der Waals surface area (Å²) in [5, 5.41) is 5.45. The molecule has 31 heavy (non-hydrogen) atoms. The Bertz CT molecular complexity index is 935. The summed E-state index contributed by atoms with van der Waals surface area (Å²) < 4.78 is 5.36. The first-order valence-corrected chi connectivity index (χ1v) is 11.8. The number of amides is 1. The fourth-order valence-electron chi connectivity index (χ4n) is 5.33. The lowest BCUT2D eigenvalue weighted by Crippen LogP contribution is -2.41. The summed E-state index contributed by atoms with van der Waals surface area (Å²) in [5.74, 6) is 0.426. The van der Waals surface area contributed by atoms with Gasteiger partial charge in [-0.1, -0.05) is 49.6 Å². The second-order valence-corrected chi connectivity index (χ2v) is 9.09. The summed E-state index contributed by atoms with van der Waals surface area (Å²) in [6.45, 7) is 5.87. The Hall–Kier alpha value is -2.40. The number of nitrogens with one attached hydrogen (secondary N) is 1. The third-order valence-corrected chi connectivity index (χ3v) is 6.96. The molecule has 166 valence electrons. The Morgan fingerprint density at radius 2 is 1.87 bits per heavy atom. The number of carbonyl (C=O) groups is 2. The van der Waals surface area contributed by atoms with Crippen LogP contribution in [0.1, 0.15) is 61.4 Å². The lowest BCUT2D eigenvalue weighted by molar-refractivity contribution is -0.148. The summed E-state index contributed by atoms with van der Waals surface area (Å²) in [7, 11) is 0. The molecule has 2 aromatic carbocycles. The van der Waals surface area contributed by atoms with Gasteiger partial charge in [0.05, 0.1) is 6.61 Å². The number of ether oxygens (including phenoxy) is 1. The minimum absolute atomic E-state index is 0.0450. The van der Waals surface area contributed by atoms with E-state index in [0.717, 1.165) is 22.9 Å². The predicted molar refractivity (Wildman–Crippen MR) is 123 cm³/mol. The standard InChI is InChI=1S/C26H34N2O3/c1-3-31-26(30)24-15-21(17-28(24)16-19-9-5-4-6-10-19)27-25(29)23-14-13-20-11-7-8-12-22(20)18(23)2/h7-8,11-14,19,21,24H,3-6,9-10,15-17H2,1-2H3,(H,27,29)/t21-,24-/m0/s1. The molecule has 1 saturated carbocycles. The number of nitrogens with zero attached hydrogens (tertiary/aromatic N) is 1. The van der Waals surface area contributed by atoms with Crippen molar-refractivity contribution in [2.75, 3.05) is 19.7 Å². The Kier molecular flexibility index (Phi) is 6.91. The van der Waals surface area contributed by atoms with Crippen LogP contribution in [-0.4, -0.2) is 48.6 Å². The van der Waals surface area contributed by atoms with E-state index < -0.39 is 0 Å². The molecule has 2 aromatic rings. The molecule has 0 radical (unpaired) electrons. The molecule has 1 saturated heterocycles. The Balaban J connectivity index is 1.46. The van der Waals surface area contributed by atoms with Crippen LogP contribution in [-0.2, 0) is 9.53 Å². The topological polar surface area (TPSA) is 58.6 Å². The number of benzene rings is 2. The summed E-state index contributed by atoms with van der Waals surface area (Å²) in [6, 6.07) is 11.7. The maximum atomic E-state index is 13.1. The number of likely N-dealkylation sites (tertiary alicyclic amines) is 1. The molecule has 5 heteroatoms. The number of rotatable bonds is 6. The number of hydrogen-bond acceptors (Lipinski definition) is 4. The van der Waals surface area contributed by atoms with Gasteiger partial charge in [-0.05, 0) is 61.4 Å². The summed E-state index contributed by atoms with van der Waals surface area (Å²) in [5.41, 5.74) is 1.70. The van der Waals surface area contributed by atoms with E-state index in [1.165, 1.54) is 32.1 Å². The molecule has 0 unspecified atom stereocenters. The van der Waals surface area contributed by atoms with Crippen LogP contribution in [0.5, 0.6) is 0 Å². The zero-order chi connectivity index (χ0) is 21.8. The monoisotopic (exact) mass is 422 g/mol. The van der Waals surface area contributed by atoms with Crippen molar-refractivity contribution in [2.45, 2.75) is 64.5 Å². The maximum absolute atomic E-state index is 13.1. The van der Waals surface area contributed by atoms with Gasteiger partial charge in [0, 0.05) is 24.7 Å². The quantitative estimate of drug-likeness (QED) is 0.698. The Morgan fingerprint density at radius 1 is 1.10 bits per heavy atom. The van der Waals surface area contributed by atoms with E-state index in [1.807, 2.05) is 38.1 Å². The van der Waals surface area contributed by atoms with Gasteiger partial charge in [-0.3, -0.25) is 14.5 Å². The van der Waals surface area contributed by atoms with Crippen LogP contribution in [0.3, 0.4) is 0 Å². The first-order chi connectivity index (χ1) is 15.1. The van der Waals surface area contributed by atoms with Gasteiger partial charge >= 0.3 is 5.97 Å². The first-order valence-electron chi connectivity index (χ1n) is 11.8. The molecule has 1 N–H and O–H groups in total. The van der Waals surface area contributed by atoms with Crippen molar-refractivity contribution in [3.8, 4) is 0 Å². The largest absolute Gasteiger partial charge is 0.465 e. The van der Waals surface area contributed by atoms with E-state index in [-0.39, 0.29) is 24.0 Å². The van der Waals surface area contributed by atoms with Crippen molar-refractivity contribution >= 4 is 22.6 Å². The number of aryl methyl sites for hydroxylation is 1. The molecule has 2 aliphatic rings. The van der Waals surface area contributed by atoms with Gasteiger partial charge in [0.25, 0.3) is 5.91 Å². The van der Waals surface area contributed by atoms with Gasteiger partial charge in [0.2, 0.25) is 0 Å². The summed E-state index contributed by atoms with van der Waals surface area (Å²) in [4.78, 5) is 28.0. The average molecular weight is 423 g/mol. The van der Waals surface area contributed by atoms with Crippen LogP contribution in [0, 0.1) is 12.8 Å². The molecule has 2 atom stereocenters. The molecule has 0 aromatic heterocycles. The Labute approximate surface area is 185 Å². The number of carbonyl (C=O) groups excluding carboxylic acids is 2. The molecule has 1 heterocycles. The zero-order valence-electron chi connectivity index (χ0n) is 18.7. The highest BCUT2D eigenvalue weighted by molar-refractivity contribution is 6.01. The maximum Gasteiger partial charge on any atom is 0.323 e. The molecule has 0 bridgehead atoms. The van der Waals surface area contributed by atoms with Crippen molar-refractivity contribution in [2.24, 2.45) is 5.92 Å². The van der Waals surface area contributed by atoms with Gasteiger partial charge in [-0.2, -0.15) is 0 Å². The van der Waals surface area contributed by atoms with Crippen molar-refractivity contribution in [3.05, 3.63) is 47.5 Å². The van der Waals surface area contributed by atoms with Crippen molar-refractivity contribution in [3.63, 3.8) is 0 Å². The van der Waals surface area contributed by atoms with E-state index in [1.54, 1.807) is 0 Å². The third-order valence-electron chi connectivity index (χ3n) is 6.96. The molecular formula is C26H34N2O3. The van der Waals surface area contributed by atoms with Crippen LogP contribution in [0.4, 0.5) is 0 Å². The van der Waals surface area contributed by atoms with Crippen LogP contribution in [0.25, 0.3) is 10.8 Å².